The van der Waals surface area contributed by atoms with Crippen LogP contribution in [0.15, 0.2) is 0 Å². The van der Waals surface area contributed by atoms with Gasteiger partial charge in [0, 0.05) is 19.1 Å². The van der Waals surface area contributed by atoms with Crippen LogP contribution >= 0.6 is 0 Å². The van der Waals surface area contributed by atoms with E-state index in [4.69, 9.17) is 0 Å². The average Bonchev–Trinajstić information content (AvgIpc) is 2.19. The lowest BCUT2D eigenvalue weighted by Crippen LogP contribution is -2.48. The summed E-state index contributed by atoms with van der Waals surface area (Å²) in [6.45, 7) is 3.17. The lowest BCUT2D eigenvalue weighted by atomic mass is 10.1. The van der Waals surface area contributed by atoms with Gasteiger partial charge < -0.3 is 5.32 Å². The molecular formula is C9H20N2O2S. The Morgan fingerprint density at radius 2 is 2.14 bits per heavy atom. The Labute approximate surface area is 86.7 Å². The Morgan fingerprint density at radius 1 is 1.43 bits per heavy atom. The third kappa shape index (κ3) is 2.68. The van der Waals surface area contributed by atoms with E-state index in [0.29, 0.717) is 6.54 Å². The van der Waals surface area contributed by atoms with E-state index in [-0.39, 0.29) is 11.8 Å². The van der Waals surface area contributed by atoms with Gasteiger partial charge in [-0.25, -0.2) is 8.42 Å². The summed E-state index contributed by atoms with van der Waals surface area (Å²) >= 11 is 0. The van der Waals surface area contributed by atoms with E-state index in [9.17, 15) is 8.42 Å². The summed E-state index contributed by atoms with van der Waals surface area (Å²) in [7, 11) is -1.13. The molecular weight excluding hydrogens is 200 g/mol. The molecule has 5 heteroatoms. The van der Waals surface area contributed by atoms with Crippen LogP contribution in [-0.2, 0) is 10.0 Å². The van der Waals surface area contributed by atoms with Gasteiger partial charge in [0.1, 0.15) is 0 Å². The molecule has 0 bridgehead atoms. The van der Waals surface area contributed by atoms with Gasteiger partial charge in [-0.1, -0.05) is 6.42 Å². The van der Waals surface area contributed by atoms with Gasteiger partial charge in [-0.05, 0) is 26.8 Å². The summed E-state index contributed by atoms with van der Waals surface area (Å²) in [6, 6.07) is 0.165. The van der Waals surface area contributed by atoms with E-state index in [1.165, 1.54) is 0 Å². The van der Waals surface area contributed by atoms with Crippen molar-refractivity contribution in [3.63, 3.8) is 0 Å². The minimum Gasteiger partial charge on any atom is -0.318 e. The average molecular weight is 220 g/mol. The summed E-state index contributed by atoms with van der Waals surface area (Å²) in [5.41, 5.74) is 0. The van der Waals surface area contributed by atoms with Gasteiger partial charge >= 0.3 is 0 Å². The molecule has 0 radical (unpaired) electrons. The molecule has 1 rings (SSSR count). The molecule has 84 valence electrons. The van der Waals surface area contributed by atoms with Crippen LogP contribution in [-0.4, -0.2) is 44.7 Å². The third-order valence-electron chi connectivity index (χ3n) is 2.73. The Balaban J connectivity index is 2.72. The first-order chi connectivity index (χ1) is 6.61. The Hall–Kier alpha value is -0.130. The van der Waals surface area contributed by atoms with Crippen molar-refractivity contribution in [1.29, 1.82) is 0 Å². The van der Waals surface area contributed by atoms with Gasteiger partial charge in [-0.15, -0.1) is 0 Å². The first-order valence-corrected chi connectivity index (χ1v) is 6.87. The van der Waals surface area contributed by atoms with Gasteiger partial charge in [0.2, 0.25) is 10.0 Å². The number of sulfonamides is 1. The second kappa shape index (κ2) is 5.09. The third-order valence-corrected chi connectivity index (χ3v) is 4.66. The predicted molar refractivity (Wildman–Crippen MR) is 57.7 cm³/mol. The molecule has 1 saturated heterocycles. The first-order valence-electron chi connectivity index (χ1n) is 5.26. The van der Waals surface area contributed by atoms with Crippen LogP contribution in [0.1, 0.15) is 26.2 Å². The molecule has 1 fully saturated rings. The molecule has 0 aromatic rings. The number of rotatable bonds is 4. The van der Waals surface area contributed by atoms with E-state index >= 15 is 0 Å². The Kier molecular flexibility index (Phi) is 4.34. The van der Waals surface area contributed by atoms with Crippen molar-refractivity contribution < 1.29 is 8.42 Å². The van der Waals surface area contributed by atoms with Gasteiger partial charge in [0.05, 0.1) is 5.75 Å². The quantitative estimate of drug-likeness (QED) is 0.746. The van der Waals surface area contributed by atoms with Crippen LogP contribution in [0.3, 0.4) is 0 Å². The van der Waals surface area contributed by atoms with Crippen LogP contribution in [0.4, 0.5) is 0 Å². The van der Waals surface area contributed by atoms with Crippen LogP contribution in [0.2, 0.25) is 0 Å². The number of nitrogens with zero attached hydrogens (tertiary/aromatic N) is 1. The van der Waals surface area contributed by atoms with E-state index in [1.807, 2.05) is 7.05 Å². The fraction of sp³-hybridized carbons (Fsp3) is 1.00. The molecule has 14 heavy (non-hydrogen) atoms. The fourth-order valence-electron chi connectivity index (χ4n) is 1.95. The first kappa shape index (κ1) is 11.9. The second-order valence-electron chi connectivity index (χ2n) is 3.72. The summed E-state index contributed by atoms with van der Waals surface area (Å²) in [5, 5.41) is 3.06. The molecule has 0 spiro atoms. The maximum atomic E-state index is 11.7. The zero-order valence-corrected chi connectivity index (χ0v) is 9.81. The topological polar surface area (TPSA) is 49.4 Å². The number of piperidine rings is 1. The zero-order chi connectivity index (χ0) is 10.6. The second-order valence-corrected chi connectivity index (χ2v) is 5.93. The minimum atomic E-state index is -3.00. The van der Waals surface area contributed by atoms with Crippen molar-refractivity contribution in [2.75, 3.05) is 25.9 Å². The Morgan fingerprint density at radius 3 is 2.71 bits per heavy atom. The highest BCUT2D eigenvalue weighted by atomic mass is 32.2. The van der Waals surface area contributed by atoms with Crippen LogP contribution in [0.5, 0.6) is 0 Å². The van der Waals surface area contributed by atoms with Crippen molar-refractivity contribution in [1.82, 2.24) is 9.62 Å². The summed E-state index contributed by atoms with van der Waals surface area (Å²) in [4.78, 5) is 0. The highest BCUT2D eigenvalue weighted by molar-refractivity contribution is 7.89. The molecule has 1 aliphatic rings. The van der Waals surface area contributed by atoms with Gasteiger partial charge in [0.15, 0.2) is 0 Å². The number of hydrogen-bond acceptors (Lipinski definition) is 3. The van der Waals surface area contributed by atoms with Crippen LogP contribution in [0, 0.1) is 0 Å². The largest absolute Gasteiger partial charge is 0.318 e. The molecule has 1 aliphatic heterocycles. The van der Waals surface area contributed by atoms with Crippen LogP contribution < -0.4 is 5.32 Å². The molecule has 0 saturated carbocycles. The molecule has 0 aliphatic carbocycles. The molecule has 1 heterocycles. The maximum Gasteiger partial charge on any atom is 0.214 e. The normalized spacial score (nSPS) is 25.1. The van der Waals surface area contributed by atoms with Crippen LogP contribution in [0.25, 0.3) is 0 Å². The minimum absolute atomic E-state index is 0.165. The van der Waals surface area contributed by atoms with Crippen molar-refractivity contribution >= 4 is 10.0 Å². The van der Waals surface area contributed by atoms with E-state index in [1.54, 1.807) is 11.2 Å². The van der Waals surface area contributed by atoms with E-state index in [0.717, 1.165) is 25.8 Å². The van der Waals surface area contributed by atoms with Gasteiger partial charge in [0.25, 0.3) is 0 Å². The summed E-state index contributed by atoms with van der Waals surface area (Å²) in [6.07, 6.45) is 3.13. The van der Waals surface area contributed by atoms with Gasteiger partial charge in [-0.2, -0.15) is 4.31 Å². The van der Waals surface area contributed by atoms with Crippen molar-refractivity contribution in [2.45, 2.75) is 32.2 Å². The number of hydrogen-bond donors (Lipinski definition) is 1. The maximum absolute atomic E-state index is 11.7. The van der Waals surface area contributed by atoms with E-state index in [2.05, 4.69) is 5.32 Å². The lowest BCUT2D eigenvalue weighted by Gasteiger charge is -2.34. The SMILES string of the molecule is CCS(=O)(=O)N1CCCCC1CNC. The molecule has 0 amide bonds. The standard InChI is InChI=1S/C9H20N2O2S/c1-3-14(12,13)11-7-5-4-6-9(11)8-10-2/h9-10H,3-8H2,1-2H3. The van der Waals surface area contributed by atoms with E-state index < -0.39 is 10.0 Å². The van der Waals surface area contributed by atoms with Crippen molar-refractivity contribution in [3.8, 4) is 0 Å². The lowest BCUT2D eigenvalue weighted by molar-refractivity contribution is 0.249. The molecule has 1 atom stereocenters. The highest BCUT2D eigenvalue weighted by Crippen LogP contribution is 2.20. The van der Waals surface area contributed by atoms with Gasteiger partial charge in [-0.3, -0.25) is 0 Å². The molecule has 1 unspecified atom stereocenters. The highest BCUT2D eigenvalue weighted by Gasteiger charge is 2.30. The van der Waals surface area contributed by atoms with Crippen molar-refractivity contribution in [3.05, 3.63) is 0 Å². The zero-order valence-electron chi connectivity index (χ0n) is 8.99. The predicted octanol–water partition coefficient (Wildman–Crippen LogP) is 0.410. The Bertz CT molecular complexity index is 262. The monoisotopic (exact) mass is 220 g/mol. The number of likely N-dealkylation sites (N-methyl/N-ethyl adjacent to an activating group) is 1. The summed E-state index contributed by atoms with van der Waals surface area (Å²) < 4.78 is 25.1. The molecule has 1 N–H and O–H groups in total. The number of nitrogens with one attached hydrogen (secondary N) is 1. The fourth-order valence-corrected chi connectivity index (χ4v) is 3.32. The molecule has 0 aromatic heterocycles. The molecule has 4 nitrogen and oxygen atoms in total. The molecule has 0 aromatic carbocycles. The van der Waals surface area contributed by atoms with Crippen molar-refractivity contribution in [2.24, 2.45) is 0 Å². The smallest absolute Gasteiger partial charge is 0.214 e. The summed E-state index contributed by atoms with van der Waals surface area (Å²) in [5.74, 6) is 0.215.